The van der Waals surface area contributed by atoms with Gasteiger partial charge in [0.05, 0.1) is 17.6 Å². The average Bonchev–Trinajstić information content (AvgIpc) is 2.79. The SMILES string of the molecule is CC1CCC(Oc2ccc3cc(CCN4CCC(C(=O)O)CC4)ccc3c2C(F)F)CC1. The number of benzene rings is 2. The molecule has 2 aromatic rings. The molecule has 0 unspecified atom stereocenters. The molecule has 1 heterocycles. The summed E-state index contributed by atoms with van der Waals surface area (Å²) in [4.78, 5) is 13.4. The van der Waals surface area contributed by atoms with Gasteiger partial charge < -0.3 is 14.7 Å². The Kier molecular flexibility index (Phi) is 7.29. The summed E-state index contributed by atoms with van der Waals surface area (Å²) in [5, 5.41) is 10.5. The molecule has 0 atom stereocenters. The Bertz CT molecular complexity index is 932. The van der Waals surface area contributed by atoms with E-state index in [1.807, 2.05) is 18.2 Å². The van der Waals surface area contributed by atoms with E-state index in [0.717, 1.165) is 62.7 Å². The molecule has 2 aromatic carbocycles. The molecule has 32 heavy (non-hydrogen) atoms. The van der Waals surface area contributed by atoms with Gasteiger partial charge in [0.1, 0.15) is 5.75 Å². The number of hydrogen-bond acceptors (Lipinski definition) is 3. The van der Waals surface area contributed by atoms with Crippen molar-refractivity contribution in [1.82, 2.24) is 4.90 Å². The molecule has 4 rings (SSSR count). The molecule has 4 nitrogen and oxygen atoms in total. The number of halogens is 2. The largest absolute Gasteiger partial charge is 0.490 e. The summed E-state index contributed by atoms with van der Waals surface area (Å²) in [6, 6.07) is 9.34. The van der Waals surface area contributed by atoms with E-state index in [1.165, 1.54) is 0 Å². The van der Waals surface area contributed by atoms with Crippen molar-refractivity contribution in [2.75, 3.05) is 19.6 Å². The zero-order valence-electron chi connectivity index (χ0n) is 18.7. The number of nitrogens with zero attached hydrogens (tertiary/aromatic N) is 1. The highest BCUT2D eigenvalue weighted by molar-refractivity contribution is 5.88. The summed E-state index contributed by atoms with van der Waals surface area (Å²) in [6.45, 7) is 4.66. The second kappa shape index (κ2) is 10.2. The maximum atomic E-state index is 14.0. The fraction of sp³-hybridized carbons (Fsp3) is 0.577. The van der Waals surface area contributed by atoms with Gasteiger partial charge in [-0.15, -0.1) is 0 Å². The summed E-state index contributed by atoms with van der Waals surface area (Å²) in [6.07, 6.45) is 3.63. The summed E-state index contributed by atoms with van der Waals surface area (Å²) in [7, 11) is 0. The van der Waals surface area contributed by atoms with Crippen LogP contribution >= 0.6 is 0 Å². The van der Waals surface area contributed by atoms with Crippen LogP contribution in [0.1, 0.15) is 63.0 Å². The highest BCUT2D eigenvalue weighted by Crippen LogP contribution is 2.38. The van der Waals surface area contributed by atoms with Crippen molar-refractivity contribution in [1.29, 1.82) is 0 Å². The smallest absolute Gasteiger partial charge is 0.306 e. The molecule has 0 bridgehead atoms. The van der Waals surface area contributed by atoms with Crippen LogP contribution in [-0.4, -0.2) is 41.7 Å². The first kappa shape index (κ1) is 23.0. The van der Waals surface area contributed by atoms with Crippen LogP contribution < -0.4 is 4.74 Å². The molecule has 1 N–H and O–H groups in total. The highest BCUT2D eigenvalue weighted by atomic mass is 19.3. The monoisotopic (exact) mass is 445 g/mol. The Morgan fingerprint density at radius 2 is 1.81 bits per heavy atom. The van der Waals surface area contributed by atoms with Gasteiger partial charge in [-0.05, 0) is 86.4 Å². The molecule has 174 valence electrons. The predicted octanol–water partition coefficient (Wildman–Crippen LogP) is 6.07. The second-order valence-corrected chi connectivity index (χ2v) is 9.54. The number of alkyl halides is 2. The maximum absolute atomic E-state index is 14.0. The van der Waals surface area contributed by atoms with Crippen molar-refractivity contribution in [3.05, 3.63) is 41.5 Å². The van der Waals surface area contributed by atoms with E-state index in [-0.39, 0.29) is 17.6 Å². The summed E-state index contributed by atoms with van der Waals surface area (Å²) in [5.41, 5.74) is 1.11. The van der Waals surface area contributed by atoms with E-state index in [1.54, 1.807) is 12.1 Å². The van der Waals surface area contributed by atoms with Crippen LogP contribution in [-0.2, 0) is 11.2 Å². The standard InChI is InChI=1S/C26H33F2NO3/c1-17-2-6-21(7-3-17)32-23-9-5-20-16-18(4-8-22(20)24(23)25(27)28)10-13-29-14-11-19(12-15-29)26(30)31/h4-5,8-9,16-17,19,21,25H,2-3,6-7,10-15H2,1H3,(H,30,31). The number of ether oxygens (including phenoxy) is 1. The van der Waals surface area contributed by atoms with Gasteiger partial charge in [0.2, 0.25) is 0 Å². The van der Waals surface area contributed by atoms with Gasteiger partial charge in [-0.25, -0.2) is 8.78 Å². The molecule has 6 heteroatoms. The molecular weight excluding hydrogens is 412 g/mol. The lowest BCUT2D eigenvalue weighted by molar-refractivity contribution is -0.143. The van der Waals surface area contributed by atoms with E-state index in [4.69, 9.17) is 9.84 Å². The lowest BCUT2D eigenvalue weighted by Gasteiger charge is -2.30. The zero-order chi connectivity index (χ0) is 22.7. The van der Waals surface area contributed by atoms with Gasteiger partial charge in [-0.1, -0.05) is 31.2 Å². The minimum absolute atomic E-state index is 0.00316. The van der Waals surface area contributed by atoms with Crippen molar-refractivity contribution in [2.45, 2.75) is 64.4 Å². The van der Waals surface area contributed by atoms with Crippen molar-refractivity contribution in [3.63, 3.8) is 0 Å². The molecule has 1 aliphatic heterocycles. The molecule has 1 saturated heterocycles. The minimum Gasteiger partial charge on any atom is -0.490 e. The highest BCUT2D eigenvalue weighted by Gasteiger charge is 2.25. The van der Waals surface area contributed by atoms with Crippen molar-refractivity contribution < 1.29 is 23.4 Å². The molecule has 2 fully saturated rings. The third kappa shape index (κ3) is 5.40. The van der Waals surface area contributed by atoms with Crippen LogP contribution in [0.3, 0.4) is 0 Å². The maximum Gasteiger partial charge on any atom is 0.306 e. The van der Waals surface area contributed by atoms with Crippen LogP contribution in [0.2, 0.25) is 0 Å². The molecule has 0 spiro atoms. The number of carbonyl (C=O) groups is 1. The van der Waals surface area contributed by atoms with Gasteiger partial charge in [0.15, 0.2) is 0 Å². The first-order valence-corrected chi connectivity index (χ1v) is 11.9. The Morgan fingerprint density at radius 1 is 1.09 bits per heavy atom. The first-order valence-electron chi connectivity index (χ1n) is 11.9. The third-order valence-corrected chi connectivity index (χ3v) is 7.21. The number of carboxylic acids is 1. The molecule has 1 saturated carbocycles. The quantitative estimate of drug-likeness (QED) is 0.562. The minimum atomic E-state index is -2.59. The molecule has 1 aliphatic carbocycles. The molecule has 2 aliphatic rings. The topological polar surface area (TPSA) is 49.8 Å². The fourth-order valence-corrected chi connectivity index (χ4v) is 5.08. The normalized spacial score (nSPS) is 23.0. The Labute approximate surface area is 188 Å². The zero-order valence-corrected chi connectivity index (χ0v) is 18.7. The van der Waals surface area contributed by atoms with Crippen LogP contribution in [0, 0.1) is 11.8 Å². The van der Waals surface area contributed by atoms with Crippen molar-refractivity contribution >= 4 is 16.7 Å². The van der Waals surface area contributed by atoms with E-state index < -0.39 is 12.4 Å². The first-order chi connectivity index (χ1) is 15.4. The lowest BCUT2D eigenvalue weighted by atomic mass is 9.89. The summed E-state index contributed by atoms with van der Waals surface area (Å²) >= 11 is 0. The number of piperidine rings is 1. The van der Waals surface area contributed by atoms with Crippen molar-refractivity contribution in [2.24, 2.45) is 11.8 Å². The second-order valence-electron chi connectivity index (χ2n) is 9.54. The number of carboxylic acid groups (broad SMARTS) is 1. The van der Waals surface area contributed by atoms with Crippen LogP contribution in [0.4, 0.5) is 8.78 Å². The van der Waals surface area contributed by atoms with E-state index in [9.17, 15) is 13.6 Å². The van der Waals surface area contributed by atoms with E-state index in [2.05, 4.69) is 11.8 Å². The van der Waals surface area contributed by atoms with Gasteiger partial charge in [-0.2, -0.15) is 0 Å². The number of hydrogen-bond donors (Lipinski definition) is 1. The summed E-state index contributed by atoms with van der Waals surface area (Å²) in [5.74, 6) is 0.0765. The number of fused-ring (bicyclic) bond motifs is 1. The third-order valence-electron chi connectivity index (χ3n) is 7.21. The van der Waals surface area contributed by atoms with Gasteiger partial charge in [0.25, 0.3) is 6.43 Å². The Morgan fingerprint density at radius 3 is 2.47 bits per heavy atom. The number of rotatable bonds is 7. The average molecular weight is 446 g/mol. The fourth-order valence-electron chi connectivity index (χ4n) is 5.08. The van der Waals surface area contributed by atoms with Gasteiger partial charge in [0, 0.05) is 6.54 Å². The number of aliphatic carboxylic acids is 1. The summed E-state index contributed by atoms with van der Waals surface area (Å²) < 4.78 is 34.1. The Balaban J connectivity index is 1.44. The predicted molar refractivity (Wildman–Crippen MR) is 121 cm³/mol. The van der Waals surface area contributed by atoms with Crippen LogP contribution in [0.15, 0.2) is 30.3 Å². The molecule has 0 amide bonds. The van der Waals surface area contributed by atoms with E-state index in [0.29, 0.717) is 29.9 Å². The van der Waals surface area contributed by atoms with Crippen LogP contribution in [0.25, 0.3) is 10.8 Å². The molecule has 0 aromatic heterocycles. The van der Waals surface area contributed by atoms with Gasteiger partial charge >= 0.3 is 5.97 Å². The van der Waals surface area contributed by atoms with E-state index >= 15 is 0 Å². The lowest BCUT2D eigenvalue weighted by Crippen LogP contribution is -2.37. The molecule has 0 radical (unpaired) electrons. The van der Waals surface area contributed by atoms with Gasteiger partial charge in [-0.3, -0.25) is 4.79 Å². The number of likely N-dealkylation sites (tertiary alicyclic amines) is 1. The Hall–Kier alpha value is -2.21. The van der Waals surface area contributed by atoms with Crippen molar-refractivity contribution in [3.8, 4) is 5.75 Å². The van der Waals surface area contributed by atoms with Crippen LogP contribution in [0.5, 0.6) is 5.75 Å². The molecular formula is C26H33F2NO3.